The molecule has 1 heterocycles. The maximum atomic E-state index is 10.5. The minimum atomic E-state index is -3.81. The van der Waals surface area contributed by atoms with E-state index in [0.717, 1.165) is 18.5 Å². The summed E-state index contributed by atoms with van der Waals surface area (Å²) in [6, 6.07) is 3.88. The van der Waals surface area contributed by atoms with Crippen molar-refractivity contribution in [3.05, 3.63) is 36.7 Å². The molecule has 16 heavy (non-hydrogen) atoms. The smallest absolute Gasteiger partial charge is 0.264 e. The van der Waals surface area contributed by atoms with E-state index in [1.165, 1.54) is 0 Å². The van der Waals surface area contributed by atoms with Gasteiger partial charge in [0.15, 0.2) is 12.4 Å². The molecule has 5 heteroatoms. The number of nitrogens with zero attached hydrogens (tertiary/aromatic N) is 1. The molecule has 1 rings (SSSR count). The SMILES string of the molecule is C=Cc1cc[n+](CCCCS(=O)(=O)O)cc1. The van der Waals surface area contributed by atoms with Crippen molar-refractivity contribution in [1.29, 1.82) is 0 Å². The van der Waals surface area contributed by atoms with Gasteiger partial charge in [-0.15, -0.1) is 0 Å². The molecular weight excluding hydrogens is 226 g/mol. The van der Waals surface area contributed by atoms with Crippen LogP contribution in [-0.2, 0) is 16.7 Å². The summed E-state index contributed by atoms with van der Waals surface area (Å²) in [5.41, 5.74) is 1.05. The van der Waals surface area contributed by atoms with Crippen LogP contribution in [0.1, 0.15) is 18.4 Å². The summed E-state index contributed by atoms with van der Waals surface area (Å²) in [6.45, 7) is 4.40. The van der Waals surface area contributed by atoms with Crippen LogP contribution < -0.4 is 4.57 Å². The van der Waals surface area contributed by atoms with E-state index < -0.39 is 10.1 Å². The minimum Gasteiger partial charge on any atom is -0.286 e. The van der Waals surface area contributed by atoms with Crippen molar-refractivity contribution >= 4 is 16.2 Å². The van der Waals surface area contributed by atoms with Gasteiger partial charge in [0, 0.05) is 18.6 Å². The van der Waals surface area contributed by atoms with Crippen LogP contribution in [0.3, 0.4) is 0 Å². The van der Waals surface area contributed by atoms with Gasteiger partial charge in [0.1, 0.15) is 6.54 Å². The second kappa shape index (κ2) is 5.77. The van der Waals surface area contributed by atoms with Crippen LogP contribution in [0.4, 0.5) is 0 Å². The molecule has 0 aromatic carbocycles. The van der Waals surface area contributed by atoms with E-state index in [1.807, 2.05) is 29.1 Å². The van der Waals surface area contributed by atoms with Gasteiger partial charge in [0.05, 0.1) is 5.75 Å². The van der Waals surface area contributed by atoms with Crippen LogP contribution in [0.25, 0.3) is 6.08 Å². The van der Waals surface area contributed by atoms with Crippen molar-refractivity contribution in [2.24, 2.45) is 0 Å². The average molecular weight is 242 g/mol. The van der Waals surface area contributed by atoms with Gasteiger partial charge in [0.25, 0.3) is 10.1 Å². The summed E-state index contributed by atoms with van der Waals surface area (Å²) in [5.74, 6) is -0.168. The molecule has 0 saturated carbocycles. The zero-order valence-electron chi connectivity index (χ0n) is 9.04. The lowest BCUT2D eigenvalue weighted by Gasteiger charge is -1.97. The van der Waals surface area contributed by atoms with Gasteiger partial charge in [-0.25, -0.2) is 4.57 Å². The average Bonchev–Trinajstić information content (AvgIpc) is 2.24. The van der Waals surface area contributed by atoms with Gasteiger partial charge < -0.3 is 0 Å². The van der Waals surface area contributed by atoms with Crippen molar-refractivity contribution in [3.8, 4) is 0 Å². The highest BCUT2D eigenvalue weighted by Crippen LogP contribution is 1.97. The first-order chi connectivity index (χ1) is 7.51. The van der Waals surface area contributed by atoms with Gasteiger partial charge in [-0.05, 0) is 12.0 Å². The van der Waals surface area contributed by atoms with Crippen molar-refractivity contribution in [3.63, 3.8) is 0 Å². The van der Waals surface area contributed by atoms with Gasteiger partial charge in [-0.3, -0.25) is 4.55 Å². The second-order valence-corrected chi connectivity index (χ2v) is 5.14. The zero-order valence-corrected chi connectivity index (χ0v) is 9.86. The van der Waals surface area contributed by atoms with Gasteiger partial charge in [-0.2, -0.15) is 8.42 Å². The number of unbranched alkanes of at least 4 members (excludes halogenated alkanes) is 1. The Labute approximate surface area is 96.0 Å². The van der Waals surface area contributed by atoms with Crippen LogP contribution in [-0.4, -0.2) is 18.7 Å². The van der Waals surface area contributed by atoms with Gasteiger partial charge in [-0.1, -0.05) is 12.7 Å². The number of hydrogen-bond acceptors (Lipinski definition) is 2. The van der Waals surface area contributed by atoms with E-state index in [-0.39, 0.29) is 5.75 Å². The number of aryl methyl sites for hydroxylation is 1. The Morgan fingerprint density at radius 3 is 2.44 bits per heavy atom. The second-order valence-electron chi connectivity index (χ2n) is 3.57. The summed E-state index contributed by atoms with van der Waals surface area (Å²) < 4.78 is 31.4. The molecule has 0 spiro atoms. The maximum absolute atomic E-state index is 10.5. The predicted octanol–water partition coefficient (Wildman–Crippen LogP) is 1.29. The topological polar surface area (TPSA) is 58.2 Å². The van der Waals surface area contributed by atoms with Crippen LogP contribution in [0.5, 0.6) is 0 Å². The molecule has 1 N–H and O–H groups in total. The molecule has 0 unspecified atom stereocenters. The van der Waals surface area contributed by atoms with E-state index in [9.17, 15) is 8.42 Å². The fourth-order valence-electron chi connectivity index (χ4n) is 1.33. The first-order valence-electron chi connectivity index (χ1n) is 5.08. The fourth-order valence-corrected chi connectivity index (χ4v) is 1.90. The zero-order chi connectivity index (χ0) is 12.0. The molecule has 1 aromatic rings. The third-order valence-corrected chi connectivity index (χ3v) is 3.03. The Kier molecular flexibility index (Phi) is 4.64. The molecule has 0 bridgehead atoms. The highest BCUT2D eigenvalue weighted by atomic mass is 32.2. The lowest BCUT2D eigenvalue weighted by Crippen LogP contribution is -2.32. The molecule has 0 atom stereocenters. The molecule has 88 valence electrons. The number of hydrogen-bond donors (Lipinski definition) is 1. The van der Waals surface area contributed by atoms with Crippen LogP contribution >= 0.6 is 0 Å². The van der Waals surface area contributed by atoms with E-state index in [1.54, 1.807) is 6.08 Å². The van der Waals surface area contributed by atoms with E-state index in [4.69, 9.17) is 4.55 Å². The number of aromatic nitrogens is 1. The van der Waals surface area contributed by atoms with Crippen molar-refractivity contribution in [2.45, 2.75) is 19.4 Å². The molecule has 0 fully saturated rings. The molecule has 0 aliphatic rings. The number of pyridine rings is 1. The molecular formula is C11H16NO3S+. The molecule has 0 saturated heterocycles. The Morgan fingerprint density at radius 2 is 1.94 bits per heavy atom. The fraction of sp³-hybridized carbons (Fsp3) is 0.364. The van der Waals surface area contributed by atoms with Crippen LogP contribution in [0.15, 0.2) is 31.1 Å². The van der Waals surface area contributed by atoms with Crippen molar-refractivity contribution in [2.75, 3.05) is 5.75 Å². The first kappa shape index (κ1) is 12.9. The van der Waals surface area contributed by atoms with Crippen LogP contribution in [0, 0.1) is 0 Å². The highest BCUT2D eigenvalue weighted by molar-refractivity contribution is 7.85. The van der Waals surface area contributed by atoms with Crippen molar-refractivity contribution < 1.29 is 17.5 Å². The summed E-state index contributed by atoms with van der Waals surface area (Å²) in [7, 11) is -3.81. The standard InChI is InChI=1S/C11H15NO3S/c1-2-11-5-8-12(9-6-11)7-3-4-10-16(13,14)15/h2,5-6,8-9H,1,3-4,7,10H2/p+1. The number of rotatable bonds is 6. The summed E-state index contributed by atoms with van der Waals surface area (Å²) in [6.07, 6.45) is 6.80. The van der Waals surface area contributed by atoms with E-state index in [2.05, 4.69) is 6.58 Å². The predicted molar refractivity (Wildman–Crippen MR) is 62.4 cm³/mol. The normalized spacial score (nSPS) is 11.3. The highest BCUT2D eigenvalue weighted by Gasteiger charge is 2.05. The molecule has 1 aromatic heterocycles. The quantitative estimate of drug-likeness (QED) is 0.464. The molecule has 0 radical (unpaired) electrons. The van der Waals surface area contributed by atoms with Crippen molar-refractivity contribution in [1.82, 2.24) is 0 Å². The van der Waals surface area contributed by atoms with E-state index in [0.29, 0.717) is 6.42 Å². The van der Waals surface area contributed by atoms with E-state index >= 15 is 0 Å². The minimum absolute atomic E-state index is 0.168. The molecule has 0 amide bonds. The monoisotopic (exact) mass is 242 g/mol. The van der Waals surface area contributed by atoms with Crippen LogP contribution in [0.2, 0.25) is 0 Å². The molecule has 0 aliphatic heterocycles. The summed E-state index contributed by atoms with van der Waals surface area (Å²) in [4.78, 5) is 0. The Balaban J connectivity index is 2.35. The Hall–Kier alpha value is -1.20. The third kappa shape index (κ3) is 5.04. The lowest BCUT2D eigenvalue weighted by atomic mass is 10.2. The lowest BCUT2D eigenvalue weighted by molar-refractivity contribution is -0.697. The Bertz CT molecular complexity index is 437. The first-order valence-corrected chi connectivity index (χ1v) is 6.69. The maximum Gasteiger partial charge on any atom is 0.264 e. The summed E-state index contributed by atoms with van der Waals surface area (Å²) in [5, 5.41) is 0. The van der Waals surface area contributed by atoms with Gasteiger partial charge in [0.2, 0.25) is 0 Å². The molecule has 4 nitrogen and oxygen atoms in total. The summed E-state index contributed by atoms with van der Waals surface area (Å²) >= 11 is 0. The Morgan fingerprint density at radius 1 is 1.31 bits per heavy atom. The third-order valence-electron chi connectivity index (χ3n) is 2.22. The molecule has 0 aliphatic carbocycles. The largest absolute Gasteiger partial charge is 0.286 e. The van der Waals surface area contributed by atoms with Gasteiger partial charge >= 0.3 is 0 Å².